The highest BCUT2D eigenvalue weighted by Gasteiger charge is 2.30. The minimum atomic E-state index is -4.31. The fourth-order valence-corrected chi connectivity index (χ4v) is 5.24. The molecule has 0 fully saturated rings. The third kappa shape index (κ3) is 9.51. The van der Waals surface area contributed by atoms with Crippen molar-refractivity contribution in [1.82, 2.24) is 4.90 Å². The van der Waals surface area contributed by atoms with Crippen molar-refractivity contribution in [3.05, 3.63) is 89.4 Å². The third-order valence-corrected chi connectivity index (χ3v) is 7.40. The molecule has 0 aromatic heterocycles. The molecule has 3 aromatic rings. The zero-order valence-corrected chi connectivity index (χ0v) is 24.7. The molecule has 0 aliphatic carbocycles. The van der Waals surface area contributed by atoms with Crippen LogP contribution >= 0.6 is 11.6 Å². The lowest BCUT2D eigenvalue weighted by molar-refractivity contribution is -0.152. The number of nitrogens with zero attached hydrogens (tertiary/aromatic N) is 2. The van der Waals surface area contributed by atoms with Gasteiger partial charge in [-0.3, -0.25) is 13.9 Å². The molecule has 0 aliphatic heterocycles. The second kappa shape index (κ2) is 13.5. The van der Waals surface area contributed by atoms with Crippen molar-refractivity contribution in [1.29, 1.82) is 0 Å². The Labute approximate surface area is 244 Å². The molecular formula is C29H32ClN3O7S. The van der Waals surface area contributed by atoms with Gasteiger partial charge in [0.25, 0.3) is 10.0 Å². The molecule has 2 amide bonds. The average molecular weight is 602 g/mol. The first-order chi connectivity index (χ1) is 19.2. The molecule has 0 unspecified atom stereocenters. The number of halogens is 1. The van der Waals surface area contributed by atoms with Gasteiger partial charge < -0.3 is 19.7 Å². The standard InChI is InChI=1S/C29H32ClN3O7S/c1-29(2,3)40-27(35)19-33(24-14-8-12-22(30)16-24)41(37,38)25-15-9-13-23(17-25)31-26(34)18-32(4)28(36)39-20-21-10-6-5-7-11-21/h5-17H,18-20H2,1-4H3,(H,31,34). The van der Waals surface area contributed by atoms with Crippen LogP contribution in [0.1, 0.15) is 26.3 Å². The fraction of sp³-hybridized carbons (Fsp3) is 0.276. The van der Waals surface area contributed by atoms with E-state index >= 15 is 0 Å². The highest BCUT2D eigenvalue weighted by molar-refractivity contribution is 7.92. The summed E-state index contributed by atoms with van der Waals surface area (Å²) in [4.78, 5) is 38.5. The number of carbonyl (C=O) groups is 3. The molecule has 0 bridgehead atoms. The largest absolute Gasteiger partial charge is 0.459 e. The maximum Gasteiger partial charge on any atom is 0.410 e. The van der Waals surface area contributed by atoms with Crippen molar-refractivity contribution in [3.63, 3.8) is 0 Å². The molecule has 3 rings (SSSR count). The number of amides is 2. The molecule has 10 nitrogen and oxygen atoms in total. The first-order valence-corrected chi connectivity index (χ1v) is 14.4. The first-order valence-electron chi connectivity index (χ1n) is 12.6. The van der Waals surface area contributed by atoms with Crippen LogP contribution in [0.3, 0.4) is 0 Å². The Hall–Kier alpha value is -4.09. The van der Waals surface area contributed by atoms with Crippen LogP contribution in [0, 0.1) is 0 Å². The number of carbonyl (C=O) groups excluding carboxylic acids is 3. The number of benzene rings is 3. The van der Waals surface area contributed by atoms with E-state index in [4.69, 9.17) is 21.1 Å². The van der Waals surface area contributed by atoms with Gasteiger partial charge in [-0.1, -0.05) is 54.1 Å². The average Bonchev–Trinajstić information content (AvgIpc) is 2.90. The van der Waals surface area contributed by atoms with Crippen LogP contribution in [0.15, 0.2) is 83.8 Å². The van der Waals surface area contributed by atoms with Crippen LogP contribution in [0.25, 0.3) is 0 Å². The highest BCUT2D eigenvalue weighted by atomic mass is 35.5. The molecule has 12 heteroatoms. The SMILES string of the molecule is CN(CC(=O)Nc1cccc(S(=O)(=O)N(CC(=O)OC(C)(C)C)c2cccc(Cl)c2)c1)C(=O)OCc1ccccc1. The molecule has 0 radical (unpaired) electrons. The molecule has 0 aliphatic rings. The Balaban J connectivity index is 1.74. The lowest BCUT2D eigenvalue weighted by Crippen LogP contribution is -2.39. The maximum atomic E-state index is 13.7. The van der Waals surface area contributed by atoms with E-state index in [1.54, 1.807) is 32.9 Å². The number of anilines is 2. The molecule has 0 atom stereocenters. The predicted octanol–water partition coefficient (Wildman–Crippen LogP) is 5.08. The normalized spacial score (nSPS) is 11.3. The van der Waals surface area contributed by atoms with Gasteiger partial charge in [0, 0.05) is 17.8 Å². The second-order valence-corrected chi connectivity index (χ2v) is 12.3. The molecule has 3 aromatic carbocycles. The van der Waals surface area contributed by atoms with Gasteiger partial charge in [-0.25, -0.2) is 13.2 Å². The van der Waals surface area contributed by atoms with Crippen molar-refractivity contribution in [2.24, 2.45) is 0 Å². The van der Waals surface area contributed by atoms with Crippen molar-refractivity contribution in [2.45, 2.75) is 37.9 Å². The van der Waals surface area contributed by atoms with E-state index in [0.717, 1.165) is 14.8 Å². The van der Waals surface area contributed by atoms with Gasteiger partial charge >= 0.3 is 12.1 Å². The van der Waals surface area contributed by atoms with Crippen molar-refractivity contribution < 1.29 is 32.3 Å². The van der Waals surface area contributed by atoms with Gasteiger partial charge in [0.1, 0.15) is 25.3 Å². The summed E-state index contributed by atoms with van der Waals surface area (Å²) >= 11 is 6.10. The van der Waals surface area contributed by atoms with Crippen molar-refractivity contribution in [2.75, 3.05) is 29.8 Å². The summed E-state index contributed by atoms with van der Waals surface area (Å²) < 4.78 is 38.9. The number of likely N-dealkylation sites (N-methyl/N-ethyl adjacent to an activating group) is 1. The number of hydrogen-bond donors (Lipinski definition) is 1. The lowest BCUT2D eigenvalue weighted by atomic mass is 10.2. The number of esters is 1. The van der Waals surface area contributed by atoms with E-state index in [-0.39, 0.29) is 34.4 Å². The number of ether oxygens (including phenoxy) is 2. The van der Waals surface area contributed by atoms with E-state index in [0.29, 0.717) is 0 Å². The topological polar surface area (TPSA) is 122 Å². The first kappa shape index (κ1) is 31.4. The highest BCUT2D eigenvalue weighted by Crippen LogP contribution is 2.28. The van der Waals surface area contributed by atoms with Gasteiger partial charge in [0.05, 0.1) is 10.6 Å². The molecule has 41 heavy (non-hydrogen) atoms. The van der Waals surface area contributed by atoms with E-state index in [2.05, 4.69) is 5.32 Å². The monoisotopic (exact) mass is 601 g/mol. The third-order valence-electron chi connectivity index (χ3n) is 5.39. The van der Waals surface area contributed by atoms with Crippen LogP contribution in [-0.4, -0.2) is 57.0 Å². The van der Waals surface area contributed by atoms with Gasteiger partial charge in [-0.05, 0) is 62.7 Å². The van der Waals surface area contributed by atoms with E-state index in [1.165, 1.54) is 43.4 Å². The summed E-state index contributed by atoms with van der Waals surface area (Å²) in [6.07, 6.45) is -0.695. The Morgan fingerprint density at radius 3 is 2.24 bits per heavy atom. The van der Waals surface area contributed by atoms with E-state index < -0.39 is 40.1 Å². The summed E-state index contributed by atoms with van der Waals surface area (Å²) in [5.74, 6) is -1.33. The zero-order valence-electron chi connectivity index (χ0n) is 23.2. The Morgan fingerprint density at radius 1 is 0.902 bits per heavy atom. The molecule has 1 N–H and O–H groups in total. The number of sulfonamides is 1. The van der Waals surface area contributed by atoms with Crippen LogP contribution in [0.2, 0.25) is 5.02 Å². The zero-order chi connectivity index (χ0) is 30.2. The predicted molar refractivity (Wildman–Crippen MR) is 156 cm³/mol. The molecule has 0 saturated carbocycles. The van der Waals surface area contributed by atoms with Crippen LogP contribution in [0.4, 0.5) is 16.2 Å². The summed E-state index contributed by atoms with van der Waals surface area (Å²) in [5.41, 5.74) is 0.306. The quantitative estimate of drug-likeness (QED) is 0.321. The second-order valence-electron chi connectivity index (χ2n) is 10.1. The van der Waals surface area contributed by atoms with Crippen molar-refractivity contribution in [3.8, 4) is 0 Å². The molecule has 218 valence electrons. The van der Waals surface area contributed by atoms with Gasteiger partial charge in [-0.2, -0.15) is 0 Å². The van der Waals surface area contributed by atoms with Crippen LogP contribution in [0.5, 0.6) is 0 Å². The molecule has 0 spiro atoms. The van der Waals surface area contributed by atoms with E-state index in [1.807, 2.05) is 30.3 Å². The van der Waals surface area contributed by atoms with Crippen LogP contribution in [-0.2, 0) is 35.7 Å². The summed E-state index contributed by atoms with van der Waals surface area (Å²) in [6, 6.07) is 20.7. The molecular weight excluding hydrogens is 570 g/mol. The smallest absolute Gasteiger partial charge is 0.410 e. The summed E-state index contributed by atoms with van der Waals surface area (Å²) in [7, 11) is -2.90. The van der Waals surface area contributed by atoms with E-state index in [9.17, 15) is 22.8 Å². The number of nitrogens with one attached hydrogen (secondary N) is 1. The minimum Gasteiger partial charge on any atom is -0.459 e. The fourth-order valence-electron chi connectivity index (χ4n) is 3.61. The van der Waals surface area contributed by atoms with Crippen molar-refractivity contribution >= 4 is 51.0 Å². The van der Waals surface area contributed by atoms with Gasteiger partial charge in [-0.15, -0.1) is 0 Å². The summed E-state index contributed by atoms with van der Waals surface area (Å²) in [5, 5.41) is 2.87. The Morgan fingerprint density at radius 2 is 1.59 bits per heavy atom. The Kier molecular flexibility index (Phi) is 10.4. The number of rotatable bonds is 10. The van der Waals surface area contributed by atoms with Gasteiger partial charge in [0.2, 0.25) is 5.91 Å². The lowest BCUT2D eigenvalue weighted by Gasteiger charge is -2.26. The molecule has 0 heterocycles. The summed E-state index contributed by atoms with van der Waals surface area (Å²) in [6.45, 7) is 4.14. The van der Waals surface area contributed by atoms with Crippen LogP contribution < -0.4 is 9.62 Å². The Bertz CT molecular complexity index is 1490. The number of hydrogen-bond acceptors (Lipinski definition) is 7. The van der Waals surface area contributed by atoms with Gasteiger partial charge in [0.15, 0.2) is 0 Å². The maximum absolute atomic E-state index is 13.7. The molecule has 0 saturated heterocycles. The minimum absolute atomic E-state index is 0.0535.